The van der Waals surface area contributed by atoms with Crippen LogP contribution in [0.25, 0.3) is 0 Å². The Labute approximate surface area is 169 Å². The number of likely N-dealkylation sites (tertiary alicyclic amines) is 2. The van der Waals surface area contributed by atoms with Crippen molar-refractivity contribution in [3.05, 3.63) is 35.4 Å². The van der Waals surface area contributed by atoms with Crippen molar-refractivity contribution in [3.8, 4) is 0 Å². The highest BCUT2D eigenvalue weighted by Gasteiger charge is 2.30. The maximum absolute atomic E-state index is 12.7. The van der Waals surface area contributed by atoms with Gasteiger partial charge in [-0.1, -0.05) is 31.2 Å². The fraction of sp³-hybridized carbons (Fsp3) is 0.652. The number of hydrogen-bond donors (Lipinski definition) is 1. The molecular weight excluding hydrogens is 350 g/mol. The van der Waals surface area contributed by atoms with Gasteiger partial charge in [-0.05, 0) is 69.2 Å². The summed E-state index contributed by atoms with van der Waals surface area (Å²) in [6, 6.07) is 8.30. The van der Waals surface area contributed by atoms with Gasteiger partial charge in [-0.15, -0.1) is 0 Å². The lowest BCUT2D eigenvalue weighted by molar-refractivity contribution is -0.138. The quantitative estimate of drug-likeness (QED) is 0.819. The van der Waals surface area contributed by atoms with E-state index in [0.717, 1.165) is 64.2 Å². The van der Waals surface area contributed by atoms with E-state index in [9.17, 15) is 9.59 Å². The summed E-state index contributed by atoms with van der Waals surface area (Å²) < 4.78 is 0. The van der Waals surface area contributed by atoms with Crippen LogP contribution in [0.4, 0.5) is 0 Å². The summed E-state index contributed by atoms with van der Waals surface area (Å²) in [5, 5.41) is 3.04. The molecule has 28 heavy (non-hydrogen) atoms. The molecule has 0 aromatic heterocycles. The zero-order valence-electron chi connectivity index (χ0n) is 17.5. The van der Waals surface area contributed by atoms with Crippen LogP contribution in [0.1, 0.15) is 43.7 Å². The maximum Gasteiger partial charge on any atom is 0.234 e. The van der Waals surface area contributed by atoms with Crippen LogP contribution in [-0.2, 0) is 16.0 Å². The van der Waals surface area contributed by atoms with Gasteiger partial charge in [-0.25, -0.2) is 0 Å². The molecule has 3 rings (SSSR count). The Bertz CT molecular complexity index is 660. The lowest BCUT2D eigenvalue weighted by Crippen LogP contribution is -2.47. The van der Waals surface area contributed by atoms with E-state index in [1.807, 2.05) is 12.1 Å². The summed E-state index contributed by atoms with van der Waals surface area (Å²) in [7, 11) is 0. The first-order chi connectivity index (χ1) is 13.5. The lowest BCUT2D eigenvalue weighted by Gasteiger charge is -2.36. The molecule has 0 spiro atoms. The van der Waals surface area contributed by atoms with Crippen molar-refractivity contribution in [2.75, 3.05) is 39.3 Å². The maximum atomic E-state index is 12.7. The average molecular weight is 386 g/mol. The first-order valence-electron chi connectivity index (χ1n) is 10.9. The van der Waals surface area contributed by atoms with E-state index in [0.29, 0.717) is 19.0 Å². The topological polar surface area (TPSA) is 52.7 Å². The van der Waals surface area contributed by atoms with E-state index in [-0.39, 0.29) is 11.8 Å². The van der Waals surface area contributed by atoms with E-state index in [1.54, 1.807) is 0 Å². The zero-order chi connectivity index (χ0) is 19.9. The number of rotatable bonds is 6. The van der Waals surface area contributed by atoms with Crippen molar-refractivity contribution in [3.63, 3.8) is 0 Å². The molecule has 0 bridgehead atoms. The molecule has 2 amide bonds. The van der Waals surface area contributed by atoms with Gasteiger partial charge in [0.2, 0.25) is 11.8 Å². The van der Waals surface area contributed by atoms with Crippen LogP contribution in [0.3, 0.4) is 0 Å². The summed E-state index contributed by atoms with van der Waals surface area (Å²) in [4.78, 5) is 29.2. The minimum Gasteiger partial charge on any atom is -0.355 e. The van der Waals surface area contributed by atoms with Gasteiger partial charge in [0.25, 0.3) is 0 Å². The molecule has 5 nitrogen and oxygen atoms in total. The molecule has 1 aromatic rings. The van der Waals surface area contributed by atoms with Crippen LogP contribution in [-0.4, -0.2) is 60.9 Å². The summed E-state index contributed by atoms with van der Waals surface area (Å²) in [6.45, 7) is 9.01. The van der Waals surface area contributed by atoms with Gasteiger partial charge in [-0.3, -0.25) is 14.5 Å². The number of carbonyl (C=O) groups excluding carboxylic acids is 2. The standard InChI is InChI=1S/C23H35N3O2/c1-18-8-15-26(16-9-18)23(28)21-10-13-25(14-11-21)17-22(27)24-12-7-20-6-4-3-5-19(20)2/h3-6,18,21H,7-17H2,1-2H3,(H,24,27). The van der Waals surface area contributed by atoms with Gasteiger partial charge >= 0.3 is 0 Å². The van der Waals surface area contributed by atoms with Crippen LogP contribution in [0.5, 0.6) is 0 Å². The molecule has 2 heterocycles. The third-order valence-electron chi connectivity index (χ3n) is 6.38. The summed E-state index contributed by atoms with van der Waals surface area (Å²) in [5.74, 6) is 1.32. The summed E-state index contributed by atoms with van der Waals surface area (Å²) >= 11 is 0. The molecule has 5 heteroatoms. The molecule has 2 aliphatic rings. The number of hydrogen-bond acceptors (Lipinski definition) is 3. The van der Waals surface area contributed by atoms with Crippen molar-refractivity contribution in [1.29, 1.82) is 0 Å². The third kappa shape index (κ3) is 5.81. The zero-order valence-corrected chi connectivity index (χ0v) is 17.5. The molecule has 1 aromatic carbocycles. The Morgan fingerprint density at radius 1 is 1.04 bits per heavy atom. The minimum atomic E-state index is 0.0865. The van der Waals surface area contributed by atoms with Gasteiger partial charge in [0.15, 0.2) is 0 Å². The number of nitrogens with one attached hydrogen (secondary N) is 1. The molecule has 0 aliphatic carbocycles. The van der Waals surface area contributed by atoms with Crippen molar-refractivity contribution in [2.45, 2.75) is 46.0 Å². The first-order valence-corrected chi connectivity index (χ1v) is 10.9. The number of carbonyl (C=O) groups is 2. The van der Waals surface area contributed by atoms with Gasteiger partial charge in [0, 0.05) is 25.6 Å². The van der Waals surface area contributed by atoms with Gasteiger partial charge in [0.1, 0.15) is 0 Å². The first kappa shape index (κ1) is 20.8. The Morgan fingerprint density at radius 3 is 2.39 bits per heavy atom. The van der Waals surface area contributed by atoms with Crippen molar-refractivity contribution >= 4 is 11.8 Å². The molecular formula is C23H35N3O2. The molecule has 2 aliphatic heterocycles. The summed E-state index contributed by atoms with van der Waals surface area (Å²) in [5.41, 5.74) is 2.56. The average Bonchev–Trinajstić information content (AvgIpc) is 2.70. The second-order valence-electron chi connectivity index (χ2n) is 8.58. The smallest absolute Gasteiger partial charge is 0.234 e. The third-order valence-corrected chi connectivity index (χ3v) is 6.38. The fourth-order valence-electron chi connectivity index (χ4n) is 4.31. The molecule has 2 fully saturated rings. The molecule has 0 saturated carbocycles. The molecule has 2 saturated heterocycles. The number of piperidine rings is 2. The lowest BCUT2D eigenvalue weighted by atomic mass is 9.92. The Morgan fingerprint density at radius 2 is 1.71 bits per heavy atom. The van der Waals surface area contributed by atoms with E-state index >= 15 is 0 Å². The monoisotopic (exact) mass is 385 g/mol. The van der Waals surface area contributed by atoms with Crippen LogP contribution >= 0.6 is 0 Å². The van der Waals surface area contributed by atoms with Gasteiger partial charge in [-0.2, -0.15) is 0 Å². The second kappa shape index (κ2) is 10.1. The minimum absolute atomic E-state index is 0.0865. The van der Waals surface area contributed by atoms with Gasteiger partial charge in [0.05, 0.1) is 6.54 Å². The fourth-order valence-corrected chi connectivity index (χ4v) is 4.31. The number of aryl methyl sites for hydroxylation is 1. The van der Waals surface area contributed by atoms with E-state index in [2.05, 4.69) is 41.1 Å². The largest absolute Gasteiger partial charge is 0.355 e. The second-order valence-corrected chi connectivity index (χ2v) is 8.58. The van der Waals surface area contributed by atoms with Crippen molar-refractivity contribution in [1.82, 2.24) is 15.1 Å². The normalized spacial score (nSPS) is 19.6. The summed E-state index contributed by atoms with van der Waals surface area (Å²) in [6.07, 6.45) is 4.88. The molecule has 1 N–H and O–H groups in total. The number of nitrogens with zero attached hydrogens (tertiary/aromatic N) is 2. The van der Waals surface area contributed by atoms with Gasteiger partial charge < -0.3 is 10.2 Å². The molecule has 154 valence electrons. The Balaban J connectivity index is 1.34. The number of benzene rings is 1. The SMILES string of the molecule is Cc1ccccc1CCNC(=O)CN1CCC(C(=O)N2CCC(C)CC2)CC1. The predicted octanol–water partition coefficient (Wildman–Crippen LogP) is 2.62. The van der Waals surface area contributed by atoms with Crippen molar-refractivity contribution in [2.24, 2.45) is 11.8 Å². The predicted molar refractivity (Wildman–Crippen MR) is 112 cm³/mol. The number of amides is 2. The van der Waals surface area contributed by atoms with Crippen LogP contribution in [0.15, 0.2) is 24.3 Å². The highest BCUT2D eigenvalue weighted by atomic mass is 16.2. The highest BCUT2D eigenvalue weighted by Crippen LogP contribution is 2.23. The van der Waals surface area contributed by atoms with E-state index < -0.39 is 0 Å². The van der Waals surface area contributed by atoms with Crippen molar-refractivity contribution < 1.29 is 9.59 Å². The highest BCUT2D eigenvalue weighted by molar-refractivity contribution is 5.79. The van der Waals surface area contributed by atoms with Crippen LogP contribution in [0.2, 0.25) is 0 Å². The van der Waals surface area contributed by atoms with E-state index in [4.69, 9.17) is 0 Å². The van der Waals surface area contributed by atoms with Crippen LogP contribution < -0.4 is 5.32 Å². The Hall–Kier alpha value is -1.88. The van der Waals surface area contributed by atoms with Crippen LogP contribution in [0, 0.1) is 18.8 Å². The molecule has 0 unspecified atom stereocenters. The van der Waals surface area contributed by atoms with E-state index in [1.165, 1.54) is 11.1 Å². The molecule has 0 atom stereocenters. The molecule has 0 radical (unpaired) electrons. The Kier molecular flexibility index (Phi) is 7.49.